The molecule has 2 aromatic carbocycles. The Morgan fingerprint density at radius 2 is 1.97 bits per heavy atom. The van der Waals surface area contributed by atoms with E-state index in [0.717, 1.165) is 5.56 Å². The number of anilines is 1. The number of thioether (sulfide) groups is 1. The van der Waals surface area contributed by atoms with E-state index in [9.17, 15) is 9.59 Å². The number of para-hydroxylation sites is 1. The van der Waals surface area contributed by atoms with E-state index in [0.29, 0.717) is 46.3 Å². The average molecular weight is 474 g/mol. The molecule has 1 aromatic heterocycles. The monoisotopic (exact) mass is 473 g/mol. The maximum absolute atomic E-state index is 13.2. The van der Waals surface area contributed by atoms with Gasteiger partial charge in [-0.15, -0.1) is 0 Å². The zero-order chi connectivity index (χ0) is 23.3. The Hall–Kier alpha value is -2.35. The van der Waals surface area contributed by atoms with Crippen LogP contribution in [-0.2, 0) is 16.1 Å². The highest BCUT2D eigenvalue weighted by molar-refractivity contribution is 8.00. The van der Waals surface area contributed by atoms with Gasteiger partial charge in [0.05, 0.1) is 22.3 Å². The minimum atomic E-state index is -0.473. The Balaban J connectivity index is 1.83. The molecule has 8 heteroatoms. The summed E-state index contributed by atoms with van der Waals surface area (Å²) < 4.78 is 7.26. The van der Waals surface area contributed by atoms with Gasteiger partial charge in [-0.3, -0.25) is 14.2 Å². The molecule has 3 rings (SSSR count). The van der Waals surface area contributed by atoms with Gasteiger partial charge in [-0.2, -0.15) is 0 Å². The van der Waals surface area contributed by atoms with Crippen molar-refractivity contribution >= 4 is 45.9 Å². The van der Waals surface area contributed by atoms with Gasteiger partial charge in [0.15, 0.2) is 5.16 Å². The van der Waals surface area contributed by atoms with Gasteiger partial charge in [0.25, 0.3) is 5.56 Å². The molecule has 1 amide bonds. The normalized spacial score (nSPS) is 12.3. The summed E-state index contributed by atoms with van der Waals surface area (Å²) in [4.78, 5) is 30.7. The lowest BCUT2D eigenvalue weighted by molar-refractivity contribution is -0.115. The Morgan fingerprint density at radius 1 is 1.22 bits per heavy atom. The van der Waals surface area contributed by atoms with E-state index in [-0.39, 0.29) is 17.6 Å². The van der Waals surface area contributed by atoms with Crippen LogP contribution in [0.15, 0.2) is 52.4 Å². The van der Waals surface area contributed by atoms with E-state index >= 15 is 0 Å². The van der Waals surface area contributed by atoms with Crippen LogP contribution in [0, 0.1) is 6.92 Å². The number of aryl methyl sites for hydroxylation is 1. The van der Waals surface area contributed by atoms with Gasteiger partial charge in [-0.25, -0.2) is 4.98 Å². The van der Waals surface area contributed by atoms with Crippen molar-refractivity contribution in [3.05, 3.63) is 63.4 Å². The maximum atomic E-state index is 13.2. The molecule has 0 saturated carbocycles. The van der Waals surface area contributed by atoms with Gasteiger partial charge in [0, 0.05) is 23.9 Å². The number of hydrogen-bond donors (Lipinski definition) is 1. The van der Waals surface area contributed by atoms with Crippen molar-refractivity contribution in [2.24, 2.45) is 0 Å². The van der Waals surface area contributed by atoms with Crippen LogP contribution < -0.4 is 10.9 Å². The topological polar surface area (TPSA) is 73.2 Å². The van der Waals surface area contributed by atoms with Crippen molar-refractivity contribution in [3.8, 4) is 0 Å². The van der Waals surface area contributed by atoms with Crippen LogP contribution in [0.4, 0.5) is 5.69 Å². The van der Waals surface area contributed by atoms with E-state index in [1.165, 1.54) is 11.8 Å². The number of ether oxygens (including phenoxy) is 1. The first kappa shape index (κ1) is 24.3. The number of amides is 1. The molecule has 6 nitrogen and oxygen atoms in total. The van der Waals surface area contributed by atoms with E-state index < -0.39 is 5.25 Å². The minimum Gasteiger partial charge on any atom is -0.379 e. The number of benzene rings is 2. The lowest BCUT2D eigenvalue weighted by Gasteiger charge is -2.17. The number of aromatic nitrogens is 2. The number of fused-ring (bicyclic) bond motifs is 1. The number of carbonyl (C=O) groups is 1. The number of halogens is 1. The Bertz CT molecular complexity index is 1160. The van der Waals surface area contributed by atoms with Gasteiger partial charge in [0.1, 0.15) is 0 Å². The van der Waals surface area contributed by atoms with Gasteiger partial charge >= 0.3 is 0 Å². The number of carbonyl (C=O) groups excluding carboxylic acids is 1. The Morgan fingerprint density at radius 3 is 2.72 bits per heavy atom. The van der Waals surface area contributed by atoms with Crippen LogP contribution in [0.25, 0.3) is 10.9 Å². The summed E-state index contributed by atoms with van der Waals surface area (Å²) in [7, 11) is 0. The quantitative estimate of drug-likeness (QED) is 0.259. The van der Waals surface area contributed by atoms with E-state index in [1.54, 1.807) is 29.7 Å². The van der Waals surface area contributed by atoms with Gasteiger partial charge in [0.2, 0.25) is 5.91 Å². The van der Waals surface area contributed by atoms with Crippen LogP contribution in [0.5, 0.6) is 0 Å². The van der Waals surface area contributed by atoms with Crippen LogP contribution in [-0.4, -0.2) is 33.4 Å². The van der Waals surface area contributed by atoms with Crippen molar-refractivity contribution < 1.29 is 9.53 Å². The smallest absolute Gasteiger partial charge is 0.262 e. The van der Waals surface area contributed by atoms with Crippen molar-refractivity contribution in [2.75, 3.05) is 11.9 Å². The molecule has 32 heavy (non-hydrogen) atoms. The number of hydrogen-bond acceptors (Lipinski definition) is 5. The highest BCUT2D eigenvalue weighted by atomic mass is 35.5. The summed E-state index contributed by atoms with van der Waals surface area (Å²) in [6, 6.07) is 12.6. The van der Waals surface area contributed by atoms with Gasteiger partial charge in [-0.1, -0.05) is 41.6 Å². The molecule has 1 heterocycles. The molecule has 0 saturated heterocycles. The molecule has 3 aromatic rings. The van der Waals surface area contributed by atoms with Gasteiger partial charge < -0.3 is 10.1 Å². The van der Waals surface area contributed by atoms with Crippen molar-refractivity contribution in [3.63, 3.8) is 0 Å². The Labute approximate surface area is 197 Å². The standard InChI is InChI=1S/C24H28ClN3O3S/c1-15(2)31-13-7-12-28-23(30)19-8-5-6-9-20(19)27-24(28)32-17(4)22(29)26-21-14-18(25)11-10-16(21)3/h5-6,8-11,14-15,17H,7,12-13H2,1-4H3,(H,26,29). The fraction of sp³-hybridized carbons (Fsp3) is 0.375. The summed E-state index contributed by atoms with van der Waals surface area (Å²) in [6.45, 7) is 8.68. The average Bonchev–Trinajstić information content (AvgIpc) is 2.75. The first-order valence-electron chi connectivity index (χ1n) is 10.6. The fourth-order valence-electron chi connectivity index (χ4n) is 3.15. The van der Waals surface area contributed by atoms with Crippen LogP contribution in [0.1, 0.15) is 32.8 Å². The second-order valence-electron chi connectivity index (χ2n) is 7.85. The third-order valence-corrected chi connectivity index (χ3v) is 6.24. The molecule has 0 aliphatic heterocycles. The van der Waals surface area contributed by atoms with Crippen LogP contribution in [0.2, 0.25) is 5.02 Å². The molecule has 1 atom stereocenters. The zero-order valence-electron chi connectivity index (χ0n) is 18.7. The second-order valence-corrected chi connectivity index (χ2v) is 9.59. The number of nitrogens with one attached hydrogen (secondary N) is 1. The first-order chi connectivity index (χ1) is 15.3. The molecule has 0 radical (unpaired) electrons. The van der Waals surface area contributed by atoms with E-state index in [4.69, 9.17) is 21.3 Å². The first-order valence-corrected chi connectivity index (χ1v) is 11.9. The van der Waals surface area contributed by atoms with Crippen molar-refractivity contribution in [2.45, 2.75) is 57.2 Å². The van der Waals surface area contributed by atoms with E-state index in [1.807, 2.05) is 45.0 Å². The second kappa shape index (κ2) is 11.0. The molecule has 1 unspecified atom stereocenters. The lowest BCUT2D eigenvalue weighted by Crippen LogP contribution is -2.27. The highest BCUT2D eigenvalue weighted by Gasteiger charge is 2.20. The fourth-order valence-corrected chi connectivity index (χ4v) is 4.26. The molecule has 0 spiro atoms. The Kier molecular flexibility index (Phi) is 8.34. The molecular weight excluding hydrogens is 446 g/mol. The lowest BCUT2D eigenvalue weighted by atomic mass is 10.2. The summed E-state index contributed by atoms with van der Waals surface area (Å²) in [6.07, 6.45) is 0.808. The SMILES string of the molecule is Cc1ccc(Cl)cc1NC(=O)C(C)Sc1nc2ccccc2c(=O)n1CCCOC(C)C. The molecule has 0 aliphatic carbocycles. The predicted molar refractivity (Wildman–Crippen MR) is 132 cm³/mol. The van der Waals surface area contributed by atoms with Crippen LogP contribution >= 0.6 is 23.4 Å². The molecule has 1 N–H and O–H groups in total. The van der Waals surface area contributed by atoms with Crippen molar-refractivity contribution in [1.82, 2.24) is 9.55 Å². The maximum Gasteiger partial charge on any atom is 0.262 e. The van der Waals surface area contributed by atoms with Crippen LogP contribution in [0.3, 0.4) is 0 Å². The summed E-state index contributed by atoms with van der Waals surface area (Å²) in [5.41, 5.74) is 2.10. The zero-order valence-corrected chi connectivity index (χ0v) is 20.3. The highest BCUT2D eigenvalue weighted by Crippen LogP contribution is 2.25. The van der Waals surface area contributed by atoms with E-state index in [2.05, 4.69) is 5.32 Å². The molecule has 170 valence electrons. The van der Waals surface area contributed by atoms with Crippen molar-refractivity contribution in [1.29, 1.82) is 0 Å². The van der Waals surface area contributed by atoms with Gasteiger partial charge in [-0.05, 0) is 63.9 Å². The largest absolute Gasteiger partial charge is 0.379 e. The third kappa shape index (κ3) is 6.12. The minimum absolute atomic E-state index is 0.110. The number of rotatable bonds is 9. The summed E-state index contributed by atoms with van der Waals surface area (Å²) in [5, 5.41) is 4.09. The molecular formula is C24H28ClN3O3S. The molecule has 0 bridgehead atoms. The summed E-state index contributed by atoms with van der Waals surface area (Å²) >= 11 is 7.34. The number of nitrogens with zero attached hydrogens (tertiary/aromatic N) is 2. The molecule has 0 aliphatic rings. The predicted octanol–water partition coefficient (Wildman–Crippen LogP) is 5.29. The summed E-state index contributed by atoms with van der Waals surface area (Å²) in [5.74, 6) is -0.183. The molecule has 0 fully saturated rings. The third-order valence-electron chi connectivity index (χ3n) is 4.91.